The van der Waals surface area contributed by atoms with Gasteiger partial charge in [0.1, 0.15) is 5.76 Å². The fourth-order valence-electron chi connectivity index (χ4n) is 12.0. The summed E-state index contributed by atoms with van der Waals surface area (Å²) in [4.78, 5) is 77.3. The number of benzene rings is 1. The number of unbranched alkanes of at least 4 members (excludes halogenated alkanes) is 8. The third kappa shape index (κ3) is 14.8. The number of allylic oxidation sites excluding steroid dienone is 6. The number of aliphatic hydroxyl groups is 1. The van der Waals surface area contributed by atoms with E-state index in [9.17, 15) is 29.1 Å². The van der Waals surface area contributed by atoms with Gasteiger partial charge in [-0.05, 0) is 127 Å². The Morgan fingerprint density at radius 1 is 0.645 bits per heavy atom. The summed E-state index contributed by atoms with van der Waals surface area (Å²) in [5.41, 5.74) is 5.36. The van der Waals surface area contributed by atoms with Gasteiger partial charge in [-0.15, -0.1) is 0 Å². The van der Waals surface area contributed by atoms with Crippen molar-refractivity contribution in [3.8, 4) is 0 Å². The lowest BCUT2D eigenvalue weighted by Crippen LogP contribution is -2.42. The van der Waals surface area contributed by atoms with Crippen LogP contribution in [0.3, 0.4) is 0 Å². The van der Waals surface area contributed by atoms with E-state index in [0.717, 1.165) is 113 Å². The molecular weight excluding hydrogens is 949 g/mol. The van der Waals surface area contributed by atoms with E-state index in [2.05, 4.69) is 123 Å². The Balaban J connectivity index is 1.38. The number of aliphatic hydroxyl groups excluding tert-OH is 1. The van der Waals surface area contributed by atoms with Gasteiger partial charge in [0.05, 0.1) is 22.5 Å². The van der Waals surface area contributed by atoms with Gasteiger partial charge in [-0.3, -0.25) is 24.0 Å². The molecule has 12 nitrogen and oxygen atoms in total. The van der Waals surface area contributed by atoms with Gasteiger partial charge in [0.25, 0.3) is 0 Å². The maximum atomic E-state index is 15.0. The van der Waals surface area contributed by atoms with Gasteiger partial charge in [0.15, 0.2) is 0 Å². The number of aliphatic imine (C=N–C) groups is 1. The van der Waals surface area contributed by atoms with Crippen LogP contribution in [0, 0.1) is 17.3 Å². The van der Waals surface area contributed by atoms with Gasteiger partial charge in [0.2, 0.25) is 29.4 Å². The normalized spacial score (nSPS) is 20.9. The number of anilines is 2. The average molecular weight is 1050 g/mol. The predicted molar refractivity (Wildman–Crippen MR) is 314 cm³/mol. The first-order chi connectivity index (χ1) is 36.0. The quantitative estimate of drug-likeness (QED) is 0.0438. The average Bonchev–Trinajstić information content (AvgIpc) is 3.69. The third-order valence-corrected chi connectivity index (χ3v) is 17.6. The molecule has 0 bridgehead atoms. The maximum Gasteiger partial charge on any atom is 0.246 e. The number of nitrogens with one attached hydrogen (secondary N) is 3. The maximum absolute atomic E-state index is 15.0. The van der Waals surface area contributed by atoms with E-state index in [-0.39, 0.29) is 94.2 Å². The molecule has 422 valence electrons. The Morgan fingerprint density at radius 2 is 1.14 bits per heavy atom. The predicted octanol–water partition coefficient (Wildman–Crippen LogP) is 13.9. The van der Waals surface area contributed by atoms with Gasteiger partial charge < -0.3 is 30.9 Å². The Bertz CT molecular complexity index is 2400. The SMILES string of the molecule is CCCCC(CC)CNC(=O)CCCCCCC(=O)N=C1C=C2C(=CC1=C1C(=O)C(c3cc4c(cc3NC(=O)CCCCCCC(=O)NCC(CC)CCCC)N(C(C)C)C(C)C4(C)C)=C1O)C(C)(C)C(C)N2C(C)C. The second-order valence-corrected chi connectivity index (χ2v) is 24.3. The monoisotopic (exact) mass is 1050 g/mol. The first-order valence-electron chi connectivity index (χ1n) is 29.9. The lowest BCUT2D eigenvalue weighted by atomic mass is 9.73. The number of ketones is 1. The second-order valence-electron chi connectivity index (χ2n) is 24.3. The van der Waals surface area contributed by atoms with Crippen molar-refractivity contribution in [3.63, 3.8) is 0 Å². The molecule has 5 rings (SSSR count). The smallest absolute Gasteiger partial charge is 0.246 e. The van der Waals surface area contributed by atoms with Gasteiger partial charge in [-0.25, -0.2) is 4.99 Å². The van der Waals surface area contributed by atoms with Crippen LogP contribution in [0.2, 0.25) is 0 Å². The molecule has 12 heteroatoms. The molecule has 1 aromatic carbocycles. The summed E-state index contributed by atoms with van der Waals surface area (Å²) in [5.74, 6) is 0.200. The number of rotatable bonds is 30. The number of Topliss-reactive ketones (excluding diaryl/α,β-unsaturated/α-hetero) is 1. The fourth-order valence-corrected chi connectivity index (χ4v) is 12.0. The third-order valence-electron chi connectivity index (χ3n) is 17.6. The van der Waals surface area contributed by atoms with Crippen LogP contribution in [0.25, 0.3) is 5.57 Å². The van der Waals surface area contributed by atoms with Gasteiger partial charge >= 0.3 is 0 Å². The summed E-state index contributed by atoms with van der Waals surface area (Å²) in [6.07, 6.45) is 20.5. The summed E-state index contributed by atoms with van der Waals surface area (Å²) >= 11 is 0. The number of carbonyl (C=O) groups is 5. The molecule has 0 radical (unpaired) electrons. The van der Waals surface area contributed by atoms with Crippen molar-refractivity contribution in [2.24, 2.45) is 22.2 Å². The molecule has 1 saturated heterocycles. The van der Waals surface area contributed by atoms with E-state index >= 15 is 0 Å². The van der Waals surface area contributed by atoms with Crippen molar-refractivity contribution in [1.82, 2.24) is 15.5 Å². The standard InChI is InChI=1S/C64H100N6O6/c1-15-19-29-45(17-3)39-65-55(71)31-25-21-23-27-33-57(73)67-51-37-53-49(63(11,12)43(9)69(53)41(5)6)35-47(51)59-61(75)60(62(59)76)48-36-50-54(70(42(7)8)44(10)64(50,13)14)38-52(48)68-58(74)34-28-24-22-26-32-56(72)66-40-46(18-4)30-20-16-2/h35-38,41-46,75H,15-34,39-40H2,1-14H3,(H,65,71)(H,66,72)(H,67,73). The number of likely N-dealkylation sites (tertiary alicyclic amines) is 1. The van der Waals surface area contributed by atoms with Crippen molar-refractivity contribution in [3.05, 3.63) is 63.6 Å². The van der Waals surface area contributed by atoms with Crippen LogP contribution in [0.15, 0.2) is 57.5 Å². The molecule has 2 heterocycles. The summed E-state index contributed by atoms with van der Waals surface area (Å²) < 4.78 is 0. The Hall–Kier alpha value is -5.00. The molecule has 0 saturated carbocycles. The number of fused-ring (bicyclic) bond motifs is 2. The zero-order valence-electron chi connectivity index (χ0n) is 49.7. The van der Waals surface area contributed by atoms with E-state index in [4.69, 9.17) is 4.99 Å². The minimum absolute atomic E-state index is 0.0876. The number of hydrogen-bond donors (Lipinski definition) is 4. The summed E-state index contributed by atoms with van der Waals surface area (Å²) in [5, 5.41) is 21.8. The summed E-state index contributed by atoms with van der Waals surface area (Å²) in [6, 6.07) is 4.52. The molecule has 4 aliphatic rings. The van der Waals surface area contributed by atoms with Crippen LogP contribution in [-0.4, -0.2) is 82.4 Å². The van der Waals surface area contributed by atoms with E-state index in [1.165, 1.54) is 12.8 Å². The van der Waals surface area contributed by atoms with Crippen LogP contribution in [0.4, 0.5) is 11.4 Å². The number of hydrogen-bond acceptors (Lipinski definition) is 8. The number of carbonyl (C=O) groups excluding carboxylic acids is 5. The number of nitrogens with zero attached hydrogens (tertiary/aromatic N) is 3. The first-order valence-corrected chi connectivity index (χ1v) is 29.9. The van der Waals surface area contributed by atoms with E-state index in [0.29, 0.717) is 60.1 Å². The molecule has 0 aromatic heterocycles. The Labute approximate surface area is 458 Å². The Morgan fingerprint density at radius 3 is 1.63 bits per heavy atom. The summed E-state index contributed by atoms with van der Waals surface area (Å²) in [6.45, 7) is 32.0. The van der Waals surface area contributed by atoms with Crippen LogP contribution < -0.4 is 20.9 Å². The van der Waals surface area contributed by atoms with Crippen molar-refractivity contribution in [2.45, 2.75) is 255 Å². The zero-order valence-corrected chi connectivity index (χ0v) is 49.7. The van der Waals surface area contributed by atoms with Crippen LogP contribution in [-0.2, 0) is 29.4 Å². The van der Waals surface area contributed by atoms with Crippen molar-refractivity contribution >= 4 is 52.1 Å². The molecular formula is C64H100N6O6. The van der Waals surface area contributed by atoms with E-state index < -0.39 is 0 Å². The molecule has 4 unspecified atom stereocenters. The first kappa shape index (κ1) is 61.8. The minimum Gasteiger partial charge on any atom is -0.506 e. The molecule has 0 spiro atoms. The molecule has 76 heavy (non-hydrogen) atoms. The fraction of sp³-hybridized carbons (Fsp3) is 0.688. The minimum atomic E-state index is -0.364. The van der Waals surface area contributed by atoms with E-state index in [1.807, 2.05) is 24.3 Å². The highest BCUT2D eigenvalue weighted by atomic mass is 16.3. The van der Waals surface area contributed by atoms with Crippen molar-refractivity contribution in [1.29, 1.82) is 0 Å². The molecule has 1 aromatic rings. The van der Waals surface area contributed by atoms with Crippen LogP contribution >= 0.6 is 0 Å². The molecule has 4 amide bonds. The van der Waals surface area contributed by atoms with Gasteiger partial charge in [-0.1, -0.05) is 120 Å². The lowest BCUT2D eigenvalue weighted by molar-refractivity contribution is -0.122. The van der Waals surface area contributed by atoms with Crippen LogP contribution in [0.5, 0.6) is 0 Å². The van der Waals surface area contributed by atoms with Crippen molar-refractivity contribution < 1.29 is 29.1 Å². The molecule has 4 atom stereocenters. The molecule has 4 N–H and O–H groups in total. The lowest BCUT2D eigenvalue weighted by Gasteiger charge is -2.34. The topological polar surface area (TPSA) is 161 Å². The Kier molecular flexibility index (Phi) is 22.8. The van der Waals surface area contributed by atoms with Crippen LogP contribution in [0.1, 0.15) is 236 Å². The molecule has 1 fully saturated rings. The van der Waals surface area contributed by atoms with E-state index in [1.54, 1.807) is 0 Å². The zero-order chi connectivity index (χ0) is 56.1. The van der Waals surface area contributed by atoms with Gasteiger partial charge in [0, 0.05) is 96.3 Å². The molecule has 2 aliphatic heterocycles. The second kappa shape index (κ2) is 28.1. The van der Waals surface area contributed by atoms with Gasteiger partial charge in [-0.2, -0.15) is 0 Å². The molecule has 2 aliphatic carbocycles. The highest BCUT2D eigenvalue weighted by Crippen LogP contribution is 2.53. The van der Waals surface area contributed by atoms with Crippen molar-refractivity contribution in [2.75, 3.05) is 23.3 Å². The highest BCUT2D eigenvalue weighted by molar-refractivity contribution is 6.42. The largest absolute Gasteiger partial charge is 0.506 e. The summed E-state index contributed by atoms with van der Waals surface area (Å²) in [7, 11) is 0. The number of amides is 4. The highest BCUT2D eigenvalue weighted by Gasteiger charge is 2.49.